The molecular formula is C13H15ClO3. The second-order valence-corrected chi connectivity index (χ2v) is 4.83. The van der Waals surface area contributed by atoms with Crippen molar-refractivity contribution in [2.45, 2.75) is 24.3 Å². The summed E-state index contributed by atoms with van der Waals surface area (Å²) in [6, 6.07) is 5.88. The summed E-state index contributed by atoms with van der Waals surface area (Å²) in [6.07, 6.45) is 2.25. The van der Waals surface area contributed by atoms with Crippen molar-refractivity contribution < 1.29 is 14.2 Å². The van der Waals surface area contributed by atoms with Crippen LogP contribution in [0, 0.1) is 0 Å². The molecule has 92 valence electrons. The van der Waals surface area contributed by atoms with Gasteiger partial charge in [-0.15, -0.1) is 11.6 Å². The molecule has 3 rings (SSSR count). The van der Waals surface area contributed by atoms with Gasteiger partial charge < -0.3 is 14.2 Å². The monoisotopic (exact) mass is 254 g/mol. The topological polar surface area (TPSA) is 27.7 Å². The van der Waals surface area contributed by atoms with Crippen molar-refractivity contribution in [3.8, 4) is 11.5 Å². The maximum Gasteiger partial charge on any atom is 0.161 e. The van der Waals surface area contributed by atoms with Gasteiger partial charge in [0.2, 0.25) is 0 Å². The Morgan fingerprint density at radius 1 is 1.12 bits per heavy atom. The zero-order chi connectivity index (χ0) is 11.7. The highest BCUT2D eigenvalue weighted by Gasteiger charge is 2.26. The van der Waals surface area contributed by atoms with Gasteiger partial charge in [-0.2, -0.15) is 0 Å². The number of hydrogen-bond acceptors (Lipinski definition) is 3. The summed E-state index contributed by atoms with van der Waals surface area (Å²) in [4.78, 5) is 0. The molecule has 1 saturated heterocycles. The maximum absolute atomic E-state index is 6.43. The highest BCUT2D eigenvalue weighted by atomic mass is 35.5. The second kappa shape index (κ2) is 4.75. The fraction of sp³-hybridized carbons (Fsp3) is 0.538. The lowest BCUT2D eigenvalue weighted by atomic mass is 10.0. The Balaban J connectivity index is 1.82. The minimum Gasteiger partial charge on any atom is -0.486 e. The van der Waals surface area contributed by atoms with Crippen LogP contribution in [0.4, 0.5) is 0 Å². The molecule has 0 aromatic heterocycles. The van der Waals surface area contributed by atoms with Crippen LogP contribution in [0.3, 0.4) is 0 Å². The molecule has 1 fully saturated rings. The number of fused-ring (bicyclic) bond motifs is 1. The summed E-state index contributed by atoms with van der Waals surface area (Å²) in [6.45, 7) is 2.03. The Kier molecular flexibility index (Phi) is 3.12. The third-order valence-electron chi connectivity index (χ3n) is 3.18. The molecule has 17 heavy (non-hydrogen) atoms. The Morgan fingerprint density at radius 3 is 2.71 bits per heavy atom. The molecule has 0 saturated carbocycles. The van der Waals surface area contributed by atoms with Crippen molar-refractivity contribution in [1.29, 1.82) is 0 Å². The zero-order valence-corrected chi connectivity index (χ0v) is 10.3. The van der Waals surface area contributed by atoms with E-state index in [1.807, 2.05) is 18.2 Å². The average Bonchev–Trinajstić information content (AvgIpc) is 2.91. The lowest BCUT2D eigenvalue weighted by molar-refractivity contribution is 0.107. The first-order valence-electron chi connectivity index (χ1n) is 6.00. The van der Waals surface area contributed by atoms with E-state index in [0.29, 0.717) is 13.2 Å². The molecule has 0 aliphatic carbocycles. The van der Waals surface area contributed by atoms with Gasteiger partial charge in [0.1, 0.15) is 13.2 Å². The first-order valence-corrected chi connectivity index (χ1v) is 6.43. The number of benzene rings is 1. The SMILES string of the molecule is ClC(c1ccc2c(c1)OCCO2)C1CCCO1. The standard InChI is InChI=1S/C13H15ClO3/c14-13(11-2-1-5-15-11)9-3-4-10-12(8-9)17-7-6-16-10/h3-4,8,11,13H,1-2,5-7H2. The van der Waals surface area contributed by atoms with E-state index in [-0.39, 0.29) is 11.5 Å². The van der Waals surface area contributed by atoms with Crippen LogP contribution < -0.4 is 9.47 Å². The fourth-order valence-electron chi connectivity index (χ4n) is 2.28. The van der Waals surface area contributed by atoms with Crippen molar-refractivity contribution >= 4 is 11.6 Å². The van der Waals surface area contributed by atoms with Crippen molar-refractivity contribution in [2.75, 3.05) is 19.8 Å². The number of ether oxygens (including phenoxy) is 3. The molecule has 2 atom stereocenters. The molecule has 0 spiro atoms. The van der Waals surface area contributed by atoms with Gasteiger partial charge in [0, 0.05) is 6.61 Å². The van der Waals surface area contributed by atoms with E-state index in [4.69, 9.17) is 25.8 Å². The molecular weight excluding hydrogens is 240 g/mol. The van der Waals surface area contributed by atoms with Crippen molar-refractivity contribution in [1.82, 2.24) is 0 Å². The van der Waals surface area contributed by atoms with Crippen LogP contribution in [0.1, 0.15) is 23.8 Å². The molecule has 0 N–H and O–H groups in total. The lowest BCUT2D eigenvalue weighted by Crippen LogP contribution is -2.17. The summed E-state index contributed by atoms with van der Waals surface area (Å²) in [7, 11) is 0. The van der Waals surface area contributed by atoms with Crippen LogP contribution in [0.2, 0.25) is 0 Å². The van der Waals surface area contributed by atoms with Gasteiger partial charge in [0.25, 0.3) is 0 Å². The Labute approximate surface area is 106 Å². The van der Waals surface area contributed by atoms with Crippen LogP contribution in [0.5, 0.6) is 11.5 Å². The summed E-state index contributed by atoms with van der Waals surface area (Å²) in [5, 5.41) is -0.103. The molecule has 1 aromatic carbocycles. The Bertz CT molecular complexity index is 402. The molecule has 0 bridgehead atoms. The Morgan fingerprint density at radius 2 is 1.94 bits per heavy atom. The average molecular weight is 255 g/mol. The summed E-state index contributed by atoms with van der Waals surface area (Å²) >= 11 is 6.43. The van der Waals surface area contributed by atoms with Gasteiger partial charge >= 0.3 is 0 Å². The molecule has 2 aliphatic heterocycles. The van der Waals surface area contributed by atoms with Gasteiger partial charge in [-0.1, -0.05) is 6.07 Å². The Hall–Kier alpha value is -0.930. The van der Waals surface area contributed by atoms with E-state index in [1.54, 1.807) is 0 Å². The molecule has 2 aliphatic rings. The number of hydrogen-bond donors (Lipinski definition) is 0. The van der Waals surface area contributed by atoms with Crippen LogP contribution in [-0.4, -0.2) is 25.9 Å². The van der Waals surface area contributed by atoms with Crippen LogP contribution in [0.25, 0.3) is 0 Å². The molecule has 0 radical (unpaired) electrons. The van der Waals surface area contributed by atoms with Gasteiger partial charge in [-0.25, -0.2) is 0 Å². The van der Waals surface area contributed by atoms with Crippen molar-refractivity contribution in [3.63, 3.8) is 0 Å². The molecule has 0 amide bonds. The minimum absolute atomic E-state index is 0.103. The largest absolute Gasteiger partial charge is 0.486 e. The first kappa shape index (κ1) is 11.2. The molecule has 3 nitrogen and oxygen atoms in total. The van der Waals surface area contributed by atoms with Crippen LogP contribution in [-0.2, 0) is 4.74 Å². The fourth-order valence-corrected chi connectivity index (χ4v) is 2.61. The number of rotatable bonds is 2. The van der Waals surface area contributed by atoms with Crippen LogP contribution in [0.15, 0.2) is 18.2 Å². The van der Waals surface area contributed by atoms with Crippen molar-refractivity contribution in [2.24, 2.45) is 0 Å². The second-order valence-electron chi connectivity index (χ2n) is 4.36. The number of alkyl halides is 1. The van der Waals surface area contributed by atoms with Crippen LogP contribution >= 0.6 is 11.6 Å². The quantitative estimate of drug-likeness (QED) is 0.760. The van der Waals surface area contributed by atoms with Gasteiger partial charge in [0.15, 0.2) is 11.5 Å². The molecule has 1 aromatic rings. The highest BCUT2D eigenvalue weighted by molar-refractivity contribution is 6.21. The van der Waals surface area contributed by atoms with E-state index in [9.17, 15) is 0 Å². The summed E-state index contributed by atoms with van der Waals surface area (Å²) in [5.41, 5.74) is 1.04. The lowest BCUT2D eigenvalue weighted by Gasteiger charge is -2.21. The highest BCUT2D eigenvalue weighted by Crippen LogP contribution is 2.37. The van der Waals surface area contributed by atoms with E-state index in [0.717, 1.165) is 36.5 Å². The van der Waals surface area contributed by atoms with Gasteiger partial charge in [-0.3, -0.25) is 0 Å². The number of halogens is 1. The van der Waals surface area contributed by atoms with E-state index >= 15 is 0 Å². The predicted octanol–water partition coefficient (Wildman–Crippen LogP) is 2.92. The van der Waals surface area contributed by atoms with Gasteiger partial charge in [0.05, 0.1) is 11.5 Å². The first-order chi connectivity index (χ1) is 8.34. The molecule has 4 heteroatoms. The zero-order valence-electron chi connectivity index (χ0n) is 9.52. The van der Waals surface area contributed by atoms with E-state index in [1.165, 1.54) is 0 Å². The summed E-state index contributed by atoms with van der Waals surface area (Å²) in [5.74, 6) is 1.59. The van der Waals surface area contributed by atoms with Crippen molar-refractivity contribution in [3.05, 3.63) is 23.8 Å². The normalized spacial score (nSPS) is 24.6. The molecule has 2 heterocycles. The third kappa shape index (κ3) is 2.22. The minimum atomic E-state index is -0.103. The smallest absolute Gasteiger partial charge is 0.161 e. The third-order valence-corrected chi connectivity index (χ3v) is 3.71. The summed E-state index contributed by atoms with van der Waals surface area (Å²) < 4.78 is 16.6. The van der Waals surface area contributed by atoms with E-state index < -0.39 is 0 Å². The van der Waals surface area contributed by atoms with Gasteiger partial charge in [-0.05, 0) is 30.5 Å². The molecule has 2 unspecified atom stereocenters. The predicted molar refractivity (Wildman–Crippen MR) is 65.0 cm³/mol. The van der Waals surface area contributed by atoms with E-state index in [2.05, 4.69) is 0 Å². The maximum atomic E-state index is 6.43.